The Kier molecular flexibility index (Phi) is 2.41. The highest BCUT2D eigenvalue weighted by atomic mass is 16.2. The van der Waals surface area contributed by atoms with Crippen molar-refractivity contribution in [3.05, 3.63) is 18.5 Å². The second kappa shape index (κ2) is 3.32. The van der Waals surface area contributed by atoms with Crippen molar-refractivity contribution in [2.45, 2.75) is 20.3 Å². The van der Waals surface area contributed by atoms with Crippen LogP contribution in [0.4, 0.5) is 0 Å². The van der Waals surface area contributed by atoms with Gasteiger partial charge in [0, 0.05) is 12.6 Å². The van der Waals surface area contributed by atoms with Crippen molar-refractivity contribution in [3.63, 3.8) is 0 Å². The van der Waals surface area contributed by atoms with Gasteiger partial charge in [0.05, 0.1) is 0 Å². The van der Waals surface area contributed by atoms with E-state index in [-0.39, 0.29) is 5.91 Å². The summed E-state index contributed by atoms with van der Waals surface area (Å²) in [6.45, 7) is 4.01. The first-order chi connectivity index (χ1) is 5.20. The number of aromatic nitrogens is 2. The standard InChI is InChI=1S/C8H11N2O/c1-7(2)6-8(11)10-5-3-4-9-10/h3,5,7H,6H2,1-2H3. The van der Waals surface area contributed by atoms with Gasteiger partial charge >= 0.3 is 0 Å². The Bertz CT molecular complexity index is 226. The molecule has 3 heteroatoms. The lowest BCUT2D eigenvalue weighted by Gasteiger charge is -2.01. The smallest absolute Gasteiger partial charge is 0.247 e. The summed E-state index contributed by atoms with van der Waals surface area (Å²) in [6.07, 6.45) is 4.73. The summed E-state index contributed by atoms with van der Waals surface area (Å²) in [5.74, 6) is 0.410. The number of carbonyl (C=O) groups is 1. The molecule has 11 heavy (non-hydrogen) atoms. The number of hydrogen-bond donors (Lipinski definition) is 0. The van der Waals surface area contributed by atoms with Crippen LogP contribution in [0.15, 0.2) is 12.3 Å². The maximum absolute atomic E-state index is 11.2. The highest BCUT2D eigenvalue weighted by molar-refractivity contribution is 5.77. The van der Waals surface area contributed by atoms with Gasteiger partial charge in [-0.1, -0.05) is 13.8 Å². The fraction of sp³-hybridized carbons (Fsp3) is 0.500. The normalized spacial score (nSPS) is 10.5. The Morgan fingerprint density at radius 1 is 1.73 bits per heavy atom. The molecule has 1 aromatic rings. The van der Waals surface area contributed by atoms with Crippen LogP contribution in [0.25, 0.3) is 0 Å². The third-order valence-electron chi connectivity index (χ3n) is 1.29. The Labute approximate surface area is 66.0 Å². The minimum atomic E-state index is 0.0289. The van der Waals surface area contributed by atoms with Crippen LogP contribution in [0.2, 0.25) is 0 Å². The molecule has 0 aliphatic heterocycles. The third-order valence-corrected chi connectivity index (χ3v) is 1.29. The molecule has 59 valence electrons. The molecule has 1 aromatic heterocycles. The van der Waals surface area contributed by atoms with Gasteiger partial charge in [0.1, 0.15) is 6.20 Å². The van der Waals surface area contributed by atoms with Gasteiger partial charge in [-0.05, 0) is 12.0 Å². The van der Waals surface area contributed by atoms with E-state index in [1.54, 1.807) is 12.3 Å². The monoisotopic (exact) mass is 151 g/mol. The quantitative estimate of drug-likeness (QED) is 0.639. The van der Waals surface area contributed by atoms with E-state index in [4.69, 9.17) is 0 Å². The summed E-state index contributed by atoms with van der Waals surface area (Å²) in [5.41, 5.74) is 0. The lowest BCUT2D eigenvalue weighted by molar-refractivity contribution is 0.0870. The Morgan fingerprint density at radius 2 is 2.45 bits per heavy atom. The van der Waals surface area contributed by atoms with Crippen molar-refractivity contribution in [3.8, 4) is 0 Å². The highest BCUT2D eigenvalue weighted by Crippen LogP contribution is 2.01. The lowest BCUT2D eigenvalue weighted by atomic mass is 10.1. The minimum absolute atomic E-state index is 0.0289. The van der Waals surface area contributed by atoms with Crippen LogP contribution in [-0.4, -0.2) is 15.7 Å². The second-order valence-corrected chi connectivity index (χ2v) is 2.88. The van der Waals surface area contributed by atoms with Gasteiger partial charge < -0.3 is 0 Å². The van der Waals surface area contributed by atoms with Crippen molar-refractivity contribution in [2.24, 2.45) is 5.92 Å². The summed E-state index contributed by atoms with van der Waals surface area (Å²) in [4.78, 5) is 11.2. The Hall–Kier alpha value is -1.12. The second-order valence-electron chi connectivity index (χ2n) is 2.88. The van der Waals surface area contributed by atoms with Crippen molar-refractivity contribution < 1.29 is 4.79 Å². The molecule has 0 saturated carbocycles. The molecule has 0 atom stereocenters. The molecule has 0 N–H and O–H groups in total. The summed E-state index contributed by atoms with van der Waals surface area (Å²) in [6, 6.07) is 1.62. The van der Waals surface area contributed by atoms with E-state index in [0.717, 1.165) is 0 Å². The Balaban J connectivity index is 2.57. The summed E-state index contributed by atoms with van der Waals surface area (Å²) in [7, 11) is 0. The van der Waals surface area contributed by atoms with E-state index in [1.807, 2.05) is 13.8 Å². The molecule has 0 aliphatic carbocycles. The molecule has 0 aliphatic rings. The number of hydrogen-bond acceptors (Lipinski definition) is 2. The average Bonchev–Trinajstić information content (AvgIpc) is 2.35. The highest BCUT2D eigenvalue weighted by Gasteiger charge is 2.06. The SMILES string of the molecule is CC(C)CC(=O)n1cc[c]n1. The lowest BCUT2D eigenvalue weighted by Crippen LogP contribution is -2.13. The maximum Gasteiger partial charge on any atom is 0.247 e. The van der Waals surface area contributed by atoms with Crippen molar-refractivity contribution in [2.75, 3.05) is 0 Å². The van der Waals surface area contributed by atoms with Crippen molar-refractivity contribution in [1.82, 2.24) is 9.78 Å². The van der Waals surface area contributed by atoms with Crippen LogP contribution in [0.5, 0.6) is 0 Å². The van der Waals surface area contributed by atoms with Gasteiger partial charge in [0.25, 0.3) is 0 Å². The molecule has 0 aromatic carbocycles. The first-order valence-electron chi connectivity index (χ1n) is 3.65. The van der Waals surface area contributed by atoms with E-state index in [9.17, 15) is 4.79 Å². The van der Waals surface area contributed by atoms with Crippen molar-refractivity contribution >= 4 is 5.91 Å². The van der Waals surface area contributed by atoms with Gasteiger partial charge in [0.2, 0.25) is 5.91 Å². The van der Waals surface area contributed by atoms with E-state index < -0.39 is 0 Å². The van der Waals surface area contributed by atoms with Crippen LogP contribution in [0, 0.1) is 12.1 Å². The van der Waals surface area contributed by atoms with E-state index in [1.165, 1.54) is 4.68 Å². The van der Waals surface area contributed by atoms with Gasteiger partial charge in [-0.2, -0.15) is 5.10 Å². The Morgan fingerprint density at radius 3 is 2.91 bits per heavy atom. The molecule has 3 nitrogen and oxygen atoms in total. The molecule has 0 amide bonds. The number of nitrogens with zero attached hydrogens (tertiary/aromatic N) is 2. The molecule has 0 unspecified atom stereocenters. The molecular formula is C8H11N2O. The zero-order valence-corrected chi connectivity index (χ0v) is 6.74. The van der Waals surface area contributed by atoms with E-state index in [0.29, 0.717) is 12.3 Å². The molecule has 1 radical (unpaired) electrons. The molecule has 0 bridgehead atoms. The van der Waals surface area contributed by atoms with Crippen LogP contribution >= 0.6 is 0 Å². The first-order valence-corrected chi connectivity index (χ1v) is 3.65. The average molecular weight is 151 g/mol. The number of carbonyl (C=O) groups excluding carboxylic acids is 1. The zero-order valence-electron chi connectivity index (χ0n) is 6.74. The molecule has 0 spiro atoms. The first kappa shape index (κ1) is 7.98. The fourth-order valence-corrected chi connectivity index (χ4v) is 0.814. The molecular weight excluding hydrogens is 140 g/mol. The fourth-order valence-electron chi connectivity index (χ4n) is 0.814. The summed E-state index contributed by atoms with van der Waals surface area (Å²) < 4.78 is 1.32. The predicted octanol–water partition coefficient (Wildman–Crippen LogP) is 1.37. The largest absolute Gasteiger partial charge is 0.273 e. The van der Waals surface area contributed by atoms with Crippen LogP contribution in [0.1, 0.15) is 25.1 Å². The van der Waals surface area contributed by atoms with Crippen molar-refractivity contribution in [1.29, 1.82) is 0 Å². The zero-order chi connectivity index (χ0) is 8.27. The van der Waals surface area contributed by atoms with Gasteiger partial charge in [0.15, 0.2) is 0 Å². The van der Waals surface area contributed by atoms with E-state index >= 15 is 0 Å². The van der Waals surface area contributed by atoms with Crippen LogP contribution < -0.4 is 0 Å². The molecule has 1 rings (SSSR count). The topological polar surface area (TPSA) is 34.9 Å². The molecule has 0 fully saturated rings. The summed E-state index contributed by atoms with van der Waals surface area (Å²) in [5, 5.41) is 3.71. The number of rotatable bonds is 2. The predicted molar refractivity (Wildman–Crippen MR) is 41.1 cm³/mol. The molecule has 0 saturated heterocycles. The van der Waals surface area contributed by atoms with Gasteiger partial charge in [-0.25, -0.2) is 4.68 Å². The van der Waals surface area contributed by atoms with Crippen LogP contribution in [-0.2, 0) is 0 Å². The van der Waals surface area contributed by atoms with E-state index in [2.05, 4.69) is 11.3 Å². The maximum atomic E-state index is 11.2. The molecule has 1 heterocycles. The summed E-state index contributed by atoms with van der Waals surface area (Å²) >= 11 is 0. The minimum Gasteiger partial charge on any atom is -0.273 e. The third kappa shape index (κ3) is 2.18. The van der Waals surface area contributed by atoms with Gasteiger partial charge in [-0.3, -0.25) is 4.79 Å². The van der Waals surface area contributed by atoms with Gasteiger partial charge in [-0.15, -0.1) is 0 Å². The van der Waals surface area contributed by atoms with Crippen LogP contribution in [0.3, 0.4) is 0 Å².